The molecular weight excluding hydrogens is 234 g/mol. The highest BCUT2D eigenvalue weighted by Crippen LogP contribution is 2.24. The molecule has 0 aromatic heterocycles. The molecule has 1 atom stereocenters. The lowest BCUT2D eigenvalue weighted by Crippen LogP contribution is -2.25. The summed E-state index contributed by atoms with van der Waals surface area (Å²) in [6.07, 6.45) is 1.33. The van der Waals surface area contributed by atoms with Crippen molar-refractivity contribution in [3.63, 3.8) is 0 Å². The molecule has 1 saturated heterocycles. The molecule has 1 aromatic rings. The van der Waals surface area contributed by atoms with Gasteiger partial charge in [-0.15, -0.1) is 0 Å². The minimum atomic E-state index is 0.213. The van der Waals surface area contributed by atoms with Crippen LogP contribution in [0.25, 0.3) is 0 Å². The lowest BCUT2D eigenvalue weighted by atomic mass is 9.87. The van der Waals surface area contributed by atoms with E-state index in [9.17, 15) is 0 Å². The zero-order valence-electron chi connectivity index (χ0n) is 12.8. The lowest BCUT2D eigenvalue weighted by molar-refractivity contribution is 0.234. The average Bonchev–Trinajstić information content (AvgIpc) is 2.75. The molecule has 1 fully saturated rings. The van der Waals surface area contributed by atoms with Crippen molar-refractivity contribution in [2.75, 3.05) is 26.2 Å². The first-order valence-electron chi connectivity index (χ1n) is 7.41. The second-order valence-electron chi connectivity index (χ2n) is 6.82. The molecule has 1 heterocycles. The van der Waals surface area contributed by atoms with E-state index in [1.54, 1.807) is 0 Å². The number of hydrogen-bond acceptors (Lipinski definition) is 2. The van der Waals surface area contributed by atoms with E-state index in [0.717, 1.165) is 24.8 Å². The van der Waals surface area contributed by atoms with E-state index in [-0.39, 0.29) is 5.41 Å². The van der Waals surface area contributed by atoms with Gasteiger partial charge in [-0.2, -0.15) is 0 Å². The highest BCUT2D eigenvalue weighted by molar-refractivity contribution is 5.31. The molecule has 0 amide bonds. The quantitative estimate of drug-likeness (QED) is 0.819. The third kappa shape index (κ3) is 4.24. The Hall–Kier alpha value is -1.02. The summed E-state index contributed by atoms with van der Waals surface area (Å²) >= 11 is 0. The van der Waals surface area contributed by atoms with E-state index in [4.69, 9.17) is 4.74 Å². The predicted molar refractivity (Wildman–Crippen MR) is 80.9 cm³/mol. The summed E-state index contributed by atoms with van der Waals surface area (Å²) in [5.41, 5.74) is 1.57. The molecule has 1 aromatic carbocycles. The first kappa shape index (κ1) is 14.4. The van der Waals surface area contributed by atoms with Gasteiger partial charge in [0.25, 0.3) is 0 Å². The zero-order chi connectivity index (χ0) is 13.9. The van der Waals surface area contributed by atoms with Crippen LogP contribution in [0.1, 0.15) is 39.7 Å². The second-order valence-corrected chi connectivity index (χ2v) is 6.82. The molecule has 2 rings (SSSR count). The van der Waals surface area contributed by atoms with Crippen molar-refractivity contribution in [3.8, 4) is 5.75 Å². The van der Waals surface area contributed by atoms with Crippen molar-refractivity contribution in [1.82, 2.24) is 4.90 Å². The van der Waals surface area contributed by atoms with Gasteiger partial charge in [-0.1, -0.05) is 39.8 Å². The van der Waals surface area contributed by atoms with Crippen molar-refractivity contribution >= 4 is 0 Å². The van der Waals surface area contributed by atoms with E-state index >= 15 is 0 Å². The van der Waals surface area contributed by atoms with Crippen LogP contribution in [0.5, 0.6) is 5.75 Å². The Labute approximate surface area is 117 Å². The van der Waals surface area contributed by atoms with Crippen molar-refractivity contribution in [2.24, 2.45) is 5.92 Å². The lowest BCUT2D eigenvalue weighted by Gasteiger charge is -2.19. The fourth-order valence-electron chi connectivity index (χ4n) is 2.57. The van der Waals surface area contributed by atoms with Gasteiger partial charge in [0.1, 0.15) is 12.4 Å². The van der Waals surface area contributed by atoms with Crippen LogP contribution in [-0.2, 0) is 5.41 Å². The molecule has 1 unspecified atom stereocenters. The van der Waals surface area contributed by atoms with Gasteiger partial charge in [0.2, 0.25) is 0 Å². The van der Waals surface area contributed by atoms with Crippen LogP contribution in [-0.4, -0.2) is 31.1 Å². The third-order valence-corrected chi connectivity index (χ3v) is 3.90. The largest absolute Gasteiger partial charge is 0.492 e. The van der Waals surface area contributed by atoms with Crippen molar-refractivity contribution < 1.29 is 4.74 Å². The Balaban J connectivity index is 1.77. The maximum Gasteiger partial charge on any atom is 0.119 e. The number of nitrogens with zero attached hydrogens (tertiary/aromatic N) is 1. The normalized spacial score (nSPS) is 20.7. The van der Waals surface area contributed by atoms with Crippen LogP contribution in [0.4, 0.5) is 0 Å². The molecule has 1 aliphatic heterocycles. The standard InChI is InChI=1S/C17H27NO/c1-14-9-10-18(13-14)11-12-19-16-7-5-15(6-8-16)17(2,3)4/h5-8,14H,9-13H2,1-4H3. The monoisotopic (exact) mass is 261 g/mol. The number of rotatable bonds is 4. The Morgan fingerprint density at radius 1 is 1.21 bits per heavy atom. The minimum Gasteiger partial charge on any atom is -0.492 e. The molecule has 19 heavy (non-hydrogen) atoms. The summed E-state index contributed by atoms with van der Waals surface area (Å²) in [7, 11) is 0. The second kappa shape index (κ2) is 5.96. The van der Waals surface area contributed by atoms with Crippen LogP contribution in [0.2, 0.25) is 0 Å². The number of likely N-dealkylation sites (tertiary alicyclic amines) is 1. The summed E-state index contributed by atoms with van der Waals surface area (Å²) in [4.78, 5) is 2.49. The van der Waals surface area contributed by atoms with Crippen LogP contribution in [0, 0.1) is 5.92 Å². The van der Waals surface area contributed by atoms with Gasteiger partial charge in [-0.05, 0) is 42.0 Å². The van der Waals surface area contributed by atoms with E-state index < -0.39 is 0 Å². The smallest absolute Gasteiger partial charge is 0.119 e. The Bertz CT molecular complexity index is 391. The zero-order valence-corrected chi connectivity index (χ0v) is 12.8. The molecular formula is C17H27NO. The third-order valence-electron chi connectivity index (χ3n) is 3.90. The highest BCUT2D eigenvalue weighted by atomic mass is 16.5. The average molecular weight is 261 g/mol. The number of ether oxygens (including phenoxy) is 1. The van der Waals surface area contributed by atoms with Crippen LogP contribution < -0.4 is 4.74 Å². The van der Waals surface area contributed by atoms with Gasteiger partial charge in [-0.3, -0.25) is 4.90 Å². The van der Waals surface area contributed by atoms with E-state index in [2.05, 4.69) is 56.9 Å². The molecule has 2 heteroatoms. The van der Waals surface area contributed by atoms with Crippen molar-refractivity contribution in [2.45, 2.75) is 39.5 Å². The SMILES string of the molecule is CC1CCN(CCOc2ccc(C(C)(C)C)cc2)C1. The molecule has 0 radical (unpaired) electrons. The number of benzene rings is 1. The molecule has 0 spiro atoms. The van der Waals surface area contributed by atoms with Gasteiger partial charge in [0.05, 0.1) is 0 Å². The molecule has 1 aliphatic rings. The first-order chi connectivity index (χ1) is 8.95. The summed E-state index contributed by atoms with van der Waals surface area (Å²) in [5.74, 6) is 1.84. The molecule has 106 valence electrons. The van der Waals surface area contributed by atoms with Crippen LogP contribution >= 0.6 is 0 Å². The molecule has 0 aliphatic carbocycles. The van der Waals surface area contributed by atoms with Gasteiger partial charge in [-0.25, -0.2) is 0 Å². The van der Waals surface area contributed by atoms with Crippen molar-refractivity contribution in [1.29, 1.82) is 0 Å². The Morgan fingerprint density at radius 3 is 2.42 bits per heavy atom. The fourth-order valence-corrected chi connectivity index (χ4v) is 2.57. The first-order valence-corrected chi connectivity index (χ1v) is 7.41. The summed E-state index contributed by atoms with van der Waals surface area (Å²) < 4.78 is 5.83. The summed E-state index contributed by atoms with van der Waals surface area (Å²) in [5, 5.41) is 0. The molecule has 2 nitrogen and oxygen atoms in total. The van der Waals surface area contributed by atoms with Gasteiger partial charge < -0.3 is 4.74 Å². The number of hydrogen-bond donors (Lipinski definition) is 0. The predicted octanol–water partition coefficient (Wildman–Crippen LogP) is 3.70. The van der Waals surface area contributed by atoms with Gasteiger partial charge in [0.15, 0.2) is 0 Å². The Kier molecular flexibility index (Phi) is 4.51. The summed E-state index contributed by atoms with van der Waals surface area (Å²) in [6, 6.07) is 8.53. The van der Waals surface area contributed by atoms with Gasteiger partial charge in [0, 0.05) is 13.1 Å². The minimum absolute atomic E-state index is 0.213. The van der Waals surface area contributed by atoms with Crippen LogP contribution in [0.3, 0.4) is 0 Å². The maximum atomic E-state index is 5.83. The molecule has 0 bridgehead atoms. The fraction of sp³-hybridized carbons (Fsp3) is 0.647. The van der Waals surface area contributed by atoms with Crippen LogP contribution in [0.15, 0.2) is 24.3 Å². The Morgan fingerprint density at radius 2 is 1.89 bits per heavy atom. The summed E-state index contributed by atoms with van der Waals surface area (Å²) in [6.45, 7) is 13.3. The maximum absolute atomic E-state index is 5.83. The van der Waals surface area contributed by atoms with Crippen molar-refractivity contribution in [3.05, 3.63) is 29.8 Å². The molecule has 0 saturated carbocycles. The highest BCUT2D eigenvalue weighted by Gasteiger charge is 2.18. The van der Waals surface area contributed by atoms with E-state index in [1.807, 2.05) is 0 Å². The van der Waals surface area contributed by atoms with E-state index in [1.165, 1.54) is 25.1 Å². The van der Waals surface area contributed by atoms with E-state index in [0.29, 0.717) is 0 Å². The topological polar surface area (TPSA) is 12.5 Å². The molecule has 0 N–H and O–H groups in total. The van der Waals surface area contributed by atoms with Gasteiger partial charge >= 0.3 is 0 Å².